The second kappa shape index (κ2) is 4.75. The largest absolute Gasteiger partial charge is 0.481 e. The maximum atomic E-state index is 10.6. The summed E-state index contributed by atoms with van der Waals surface area (Å²) in [6.45, 7) is 5.05. The van der Waals surface area contributed by atoms with Crippen molar-refractivity contribution in [2.24, 2.45) is 5.92 Å². The molecule has 1 rings (SSSR count). The van der Waals surface area contributed by atoms with E-state index >= 15 is 0 Å². The summed E-state index contributed by atoms with van der Waals surface area (Å²) in [5, 5.41) is 17.9. The molecule has 0 aliphatic carbocycles. The molecule has 1 heterocycles. The highest BCUT2D eigenvalue weighted by molar-refractivity contribution is 5.67. The Labute approximate surface area is 84.5 Å². The molecule has 0 saturated carbocycles. The molecule has 4 heteroatoms. The van der Waals surface area contributed by atoms with Crippen molar-refractivity contribution in [2.75, 3.05) is 13.2 Å². The zero-order valence-electron chi connectivity index (χ0n) is 8.81. The van der Waals surface area contributed by atoms with Gasteiger partial charge in [-0.3, -0.25) is 9.69 Å². The number of rotatable bonds is 4. The van der Waals surface area contributed by atoms with Crippen molar-refractivity contribution < 1.29 is 15.0 Å². The standard InChI is InChI=1S/C10H19NO3/c1-7-3-4-11(9(7)6-12)8(2)5-10(13)14/h7-9,12H,3-6H2,1-2H3,(H,13,14). The fourth-order valence-electron chi connectivity index (χ4n) is 2.24. The summed E-state index contributed by atoms with van der Waals surface area (Å²) in [7, 11) is 0. The smallest absolute Gasteiger partial charge is 0.304 e. The average molecular weight is 201 g/mol. The molecule has 0 aromatic carbocycles. The van der Waals surface area contributed by atoms with E-state index in [1.807, 2.05) is 6.92 Å². The predicted octanol–water partition coefficient (Wildman–Crippen LogP) is 0.552. The van der Waals surface area contributed by atoms with E-state index in [0.717, 1.165) is 13.0 Å². The molecular weight excluding hydrogens is 182 g/mol. The van der Waals surface area contributed by atoms with Crippen LogP contribution in [0.1, 0.15) is 26.7 Å². The highest BCUT2D eigenvalue weighted by atomic mass is 16.4. The van der Waals surface area contributed by atoms with Crippen LogP contribution in [0.15, 0.2) is 0 Å². The maximum Gasteiger partial charge on any atom is 0.304 e. The maximum absolute atomic E-state index is 10.6. The van der Waals surface area contributed by atoms with Crippen LogP contribution >= 0.6 is 0 Å². The Bertz CT molecular complexity index is 208. The van der Waals surface area contributed by atoms with Crippen molar-refractivity contribution in [3.05, 3.63) is 0 Å². The topological polar surface area (TPSA) is 60.8 Å². The van der Waals surface area contributed by atoms with Gasteiger partial charge in [-0.2, -0.15) is 0 Å². The highest BCUT2D eigenvalue weighted by Gasteiger charge is 2.33. The number of hydrogen-bond acceptors (Lipinski definition) is 3. The van der Waals surface area contributed by atoms with E-state index in [0.29, 0.717) is 5.92 Å². The third-order valence-corrected chi connectivity index (χ3v) is 3.15. The molecular formula is C10H19NO3. The predicted molar refractivity (Wildman–Crippen MR) is 53.1 cm³/mol. The van der Waals surface area contributed by atoms with E-state index in [9.17, 15) is 9.90 Å². The molecule has 1 aliphatic heterocycles. The summed E-state index contributed by atoms with van der Waals surface area (Å²) in [6.07, 6.45) is 1.21. The van der Waals surface area contributed by atoms with Crippen molar-refractivity contribution in [2.45, 2.75) is 38.8 Å². The lowest BCUT2D eigenvalue weighted by atomic mass is 10.0. The number of aliphatic hydroxyl groups excluding tert-OH is 1. The zero-order valence-corrected chi connectivity index (χ0v) is 8.81. The van der Waals surface area contributed by atoms with Crippen molar-refractivity contribution in [1.29, 1.82) is 0 Å². The van der Waals surface area contributed by atoms with Crippen molar-refractivity contribution in [3.8, 4) is 0 Å². The van der Waals surface area contributed by atoms with Gasteiger partial charge in [-0.15, -0.1) is 0 Å². The van der Waals surface area contributed by atoms with Gasteiger partial charge in [0.25, 0.3) is 0 Å². The number of carboxylic acids is 1. The fourth-order valence-corrected chi connectivity index (χ4v) is 2.24. The van der Waals surface area contributed by atoms with Gasteiger partial charge in [0, 0.05) is 12.1 Å². The first-order valence-corrected chi connectivity index (χ1v) is 5.14. The Morgan fingerprint density at radius 3 is 2.79 bits per heavy atom. The van der Waals surface area contributed by atoms with Gasteiger partial charge in [0.1, 0.15) is 0 Å². The second-order valence-electron chi connectivity index (χ2n) is 4.20. The summed E-state index contributed by atoms with van der Waals surface area (Å²) in [5.74, 6) is -0.301. The number of carboxylic acid groups (broad SMARTS) is 1. The molecule has 82 valence electrons. The van der Waals surface area contributed by atoms with Crippen molar-refractivity contribution >= 4 is 5.97 Å². The van der Waals surface area contributed by atoms with Crippen LogP contribution in [0.5, 0.6) is 0 Å². The summed E-state index contributed by atoms with van der Waals surface area (Å²) in [4.78, 5) is 12.7. The van der Waals surface area contributed by atoms with E-state index in [4.69, 9.17) is 5.11 Å². The zero-order chi connectivity index (χ0) is 10.7. The van der Waals surface area contributed by atoms with E-state index in [-0.39, 0.29) is 25.1 Å². The molecule has 1 saturated heterocycles. The van der Waals surface area contributed by atoms with Gasteiger partial charge in [-0.25, -0.2) is 0 Å². The third-order valence-electron chi connectivity index (χ3n) is 3.15. The van der Waals surface area contributed by atoms with Crippen molar-refractivity contribution in [1.82, 2.24) is 4.90 Å². The number of nitrogens with zero attached hydrogens (tertiary/aromatic N) is 1. The quantitative estimate of drug-likeness (QED) is 0.697. The first-order chi connectivity index (χ1) is 6.56. The lowest BCUT2D eigenvalue weighted by Crippen LogP contribution is -2.42. The Hall–Kier alpha value is -0.610. The lowest BCUT2D eigenvalue weighted by molar-refractivity contribution is -0.138. The van der Waals surface area contributed by atoms with E-state index in [2.05, 4.69) is 11.8 Å². The van der Waals surface area contributed by atoms with Crippen LogP contribution in [-0.2, 0) is 4.79 Å². The first-order valence-electron chi connectivity index (χ1n) is 5.14. The van der Waals surface area contributed by atoms with Crippen LogP contribution < -0.4 is 0 Å². The number of likely N-dealkylation sites (tertiary alicyclic amines) is 1. The summed E-state index contributed by atoms with van der Waals surface area (Å²) < 4.78 is 0. The molecule has 3 atom stereocenters. The van der Waals surface area contributed by atoms with Crippen LogP contribution in [-0.4, -0.2) is 46.3 Å². The molecule has 4 nitrogen and oxygen atoms in total. The minimum absolute atomic E-state index is 0.0228. The average Bonchev–Trinajstić information content (AvgIpc) is 2.45. The molecule has 0 radical (unpaired) electrons. The lowest BCUT2D eigenvalue weighted by Gasteiger charge is -2.30. The molecule has 0 amide bonds. The SMILES string of the molecule is CC1CCN(C(C)CC(=O)O)C1CO. The number of aliphatic carboxylic acids is 1. The molecule has 0 aromatic rings. The third kappa shape index (κ3) is 2.45. The van der Waals surface area contributed by atoms with Crippen LogP contribution in [0.2, 0.25) is 0 Å². The van der Waals surface area contributed by atoms with E-state index < -0.39 is 5.97 Å². The van der Waals surface area contributed by atoms with E-state index in [1.165, 1.54) is 0 Å². The van der Waals surface area contributed by atoms with Crippen LogP contribution in [0.4, 0.5) is 0 Å². The molecule has 14 heavy (non-hydrogen) atoms. The van der Waals surface area contributed by atoms with Gasteiger partial charge in [0.05, 0.1) is 13.0 Å². The second-order valence-corrected chi connectivity index (χ2v) is 4.20. The van der Waals surface area contributed by atoms with E-state index in [1.54, 1.807) is 0 Å². The number of hydrogen-bond donors (Lipinski definition) is 2. The van der Waals surface area contributed by atoms with Gasteiger partial charge in [0.2, 0.25) is 0 Å². The molecule has 3 unspecified atom stereocenters. The fraction of sp³-hybridized carbons (Fsp3) is 0.900. The normalized spacial score (nSPS) is 30.5. The monoisotopic (exact) mass is 201 g/mol. The summed E-state index contributed by atoms with van der Waals surface area (Å²) >= 11 is 0. The first kappa shape index (κ1) is 11.5. The Morgan fingerprint density at radius 1 is 1.64 bits per heavy atom. The number of carbonyl (C=O) groups is 1. The van der Waals surface area contributed by atoms with Crippen LogP contribution in [0.25, 0.3) is 0 Å². The Kier molecular flexibility index (Phi) is 3.89. The summed E-state index contributed by atoms with van der Waals surface area (Å²) in [5.41, 5.74) is 0. The van der Waals surface area contributed by atoms with Gasteiger partial charge in [0.15, 0.2) is 0 Å². The van der Waals surface area contributed by atoms with Crippen molar-refractivity contribution in [3.63, 3.8) is 0 Å². The van der Waals surface area contributed by atoms with Gasteiger partial charge < -0.3 is 10.2 Å². The minimum Gasteiger partial charge on any atom is -0.481 e. The Morgan fingerprint density at radius 2 is 2.29 bits per heavy atom. The summed E-state index contributed by atoms with van der Waals surface area (Å²) in [6, 6.07) is 0.166. The molecule has 0 spiro atoms. The number of aliphatic hydroxyl groups is 1. The molecule has 0 aromatic heterocycles. The molecule has 1 fully saturated rings. The van der Waals surface area contributed by atoms with Gasteiger partial charge in [-0.1, -0.05) is 6.92 Å². The highest BCUT2D eigenvalue weighted by Crippen LogP contribution is 2.26. The van der Waals surface area contributed by atoms with Gasteiger partial charge >= 0.3 is 5.97 Å². The molecule has 2 N–H and O–H groups in total. The Balaban J connectivity index is 2.54. The van der Waals surface area contributed by atoms with Crippen LogP contribution in [0, 0.1) is 5.92 Å². The van der Waals surface area contributed by atoms with Gasteiger partial charge in [-0.05, 0) is 25.8 Å². The molecule has 0 bridgehead atoms. The molecule has 1 aliphatic rings. The minimum atomic E-state index is -0.770. The van der Waals surface area contributed by atoms with Crippen LogP contribution in [0.3, 0.4) is 0 Å².